The van der Waals surface area contributed by atoms with Crippen LogP contribution in [0.4, 0.5) is 34.6 Å². The van der Waals surface area contributed by atoms with Crippen LogP contribution in [0.2, 0.25) is 0 Å². The Labute approximate surface area is 352 Å². The van der Waals surface area contributed by atoms with Crippen molar-refractivity contribution >= 4 is 67.0 Å². The van der Waals surface area contributed by atoms with Gasteiger partial charge in [0, 0.05) is 35.7 Å². The molecular weight excluding hydrogens is 741 g/mol. The molecule has 18 heteroatoms. The standard InChI is InChI=1S/C35H35N7O7S2.2Na/c1-22-3-11-26(12-4-22)37-28-15-9-24(30(21-28)50(43,44)45)7-8-25-10-16-29(31(36)32(25)51(46,47)48)33-39-34(38-27-13-5-23(2)6-14-27)41-35(40-33)42-17-19-49-20-18-42;;/h3-16,21,37H,17-20,36H2,1-2H3,(H,43,44,45)(H,46,47,48)(H,38,39,40,41);;/q;2*+1/p-2. The number of aromatic nitrogens is 3. The van der Waals surface area contributed by atoms with Gasteiger partial charge in [-0.15, -0.1) is 0 Å². The van der Waals surface area contributed by atoms with Crippen LogP contribution in [0.5, 0.6) is 0 Å². The smallest absolute Gasteiger partial charge is 0.744 e. The van der Waals surface area contributed by atoms with Gasteiger partial charge in [0.2, 0.25) is 11.9 Å². The normalized spacial score (nSPS) is 13.2. The van der Waals surface area contributed by atoms with E-state index in [1.165, 1.54) is 36.4 Å². The van der Waals surface area contributed by atoms with Gasteiger partial charge in [-0.25, -0.2) is 16.8 Å². The maximum absolute atomic E-state index is 12.7. The number of rotatable bonds is 10. The fourth-order valence-corrected chi connectivity index (χ4v) is 6.88. The summed E-state index contributed by atoms with van der Waals surface area (Å²) in [5, 5.41) is 6.19. The zero-order valence-electron chi connectivity index (χ0n) is 29.5. The van der Waals surface area contributed by atoms with Crippen molar-refractivity contribution < 1.29 is 89.8 Å². The Hall–Kier alpha value is -3.39. The van der Waals surface area contributed by atoms with Gasteiger partial charge in [-0.2, -0.15) is 15.0 Å². The molecular formula is C35H33N7Na2O7S2. The number of morpholine rings is 1. The van der Waals surface area contributed by atoms with Crippen LogP contribution >= 0.6 is 0 Å². The topological polar surface area (TPSA) is 216 Å². The molecule has 1 aromatic heterocycles. The third kappa shape index (κ3) is 10.6. The van der Waals surface area contributed by atoms with Crippen molar-refractivity contribution in [2.75, 3.05) is 47.6 Å². The average molecular weight is 774 g/mol. The van der Waals surface area contributed by atoms with Crippen LogP contribution in [0, 0.1) is 13.8 Å². The van der Waals surface area contributed by atoms with Crippen LogP contribution in [0.1, 0.15) is 22.3 Å². The Morgan fingerprint density at radius 2 is 1.26 bits per heavy atom. The van der Waals surface area contributed by atoms with Gasteiger partial charge in [-0.1, -0.05) is 59.7 Å². The fraction of sp³-hybridized carbons (Fsp3) is 0.171. The van der Waals surface area contributed by atoms with Gasteiger partial charge in [-0.05, 0) is 67.4 Å². The van der Waals surface area contributed by atoms with Crippen LogP contribution in [-0.2, 0) is 25.0 Å². The molecule has 1 fully saturated rings. The van der Waals surface area contributed by atoms with E-state index in [1.54, 1.807) is 18.2 Å². The molecule has 6 rings (SSSR count). The Balaban J connectivity index is 0.00000314. The first-order chi connectivity index (χ1) is 24.2. The van der Waals surface area contributed by atoms with Crippen molar-refractivity contribution in [1.29, 1.82) is 0 Å². The number of nitrogens with two attached hydrogens (primary N) is 1. The van der Waals surface area contributed by atoms with Gasteiger partial charge in [0.1, 0.15) is 20.2 Å². The number of nitrogens with zero attached hydrogens (tertiary/aromatic N) is 4. The SMILES string of the molecule is Cc1ccc(Nc2ccc(C=Cc3ccc(-c4nc(Nc5ccc(C)cc5)nc(N5CCOCC5)n4)c(N)c3S(=O)(=O)[O-])c(S(=O)(=O)[O-])c2)cc1.[Na+].[Na+]. The Morgan fingerprint density at radius 1 is 0.717 bits per heavy atom. The summed E-state index contributed by atoms with van der Waals surface area (Å²) in [7, 11) is -10.2. The van der Waals surface area contributed by atoms with Crippen molar-refractivity contribution in [3.63, 3.8) is 0 Å². The quantitative estimate of drug-likeness (QED) is 0.0676. The number of benzene rings is 4. The second kappa shape index (κ2) is 17.8. The Morgan fingerprint density at radius 3 is 1.85 bits per heavy atom. The molecule has 1 aliphatic heterocycles. The molecule has 2 heterocycles. The molecule has 0 bridgehead atoms. The molecule has 0 aliphatic carbocycles. The van der Waals surface area contributed by atoms with E-state index < -0.39 is 35.7 Å². The summed E-state index contributed by atoms with van der Waals surface area (Å²) >= 11 is 0. The van der Waals surface area contributed by atoms with Gasteiger partial charge in [0.25, 0.3) is 0 Å². The average Bonchev–Trinajstić information content (AvgIpc) is 3.09. The Bertz CT molecular complexity index is 2340. The number of aryl methyl sites for hydroxylation is 2. The van der Waals surface area contributed by atoms with Crippen molar-refractivity contribution in [1.82, 2.24) is 15.0 Å². The number of anilines is 6. The van der Waals surface area contributed by atoms with Gasteiger partial charge >= 0.3 is 59.1 Å². The minimum absolute atomic E-state index is 0. The van der Waals surface area contributed by atoms with Crippen LogP contribution in [0.15, 0.2) is 88.7 Å². The zero-order valence-corrected chi connectivity index (χ0v) is 35.2. The minimum atomic E-state index is -5.21. The summed E-state index contributed by atoms with van der Waals surface area (Å²) in [6.45, 7) is 5.77. The third-order valence-electron chi connectivity index (χ3n) is 8.01. The molecule has 264 valence electrons. The predicted octanol–water partition coefficient (Wildman–Crippen LogP) is -0.952. The summed E-state index contributed by atoms with van der Waals surface area (Å²) in [6.07, 6.45) is 2.44. The maximum Gasteiger partial charge on any atom is 1.00 e. The molecule has 0 spiro atoms. The van der Waals surface area contributed by atoms with Gasteiger partial charge in [-0.3, -0.25) is 0 Å². The van der Waals surface area contributed by atoms with Crippen molar-refractivity contribution in [3.05, 3.63) is 101 Å². The summed E-state index contributed by atoms with van der Waals surface area (Å²) in [6, 6.07) is 21.8. The molecule has 0 unspecified atom stereocenters. The van der Waals surface area contributed by atoms with Crippen LogP contribution in [-0.4, -0.2) is 67.2 Å². The molecule has 1 aliphatic rings. The molecule has 14 nitrogen and oxygen atoms in total. The predicted molar refractivity (Wildman–Crippen MR) is 193 cm³/mol. The molecule has 53 heavy (non-hydrogen) atoms. The minimum Gasteiger partial charge on any atom is -0.744 e. The molecule has 0 radical (unpaired) electrons. The van der Waals surface area contributed by atoms with E-state index in [9.17, 15) is 25.9 Å². The van der Waals surface area contributed by atoms with E-state index in [0.29, 0.717) is 49.3 Å². The monoisotopic (exact) mass is 773 g/mol. The summed E-state index contributed by atoms with van der Waals surface area (Å²) in [5.41, 5.74) is 9.66. The molecule has 4 N–H and O–H groups in total. The second-order valence-corrected chi connectivity index (χ2v) is 14.5. The number of hydrogen-bond donors (Lipinski definition) is 3. The zero-order chi connectivity index (χ0) is 36.3. The third-order valence-corrected chi connectivity index (χ3v) is 9.86. The largest absolute Gasteiger partial charge is 1.00 e. The number of nitrogens with one attached hydrogen (secondary N) is 2. The van der Waals surface area contributed by atoms with E-state index in [0.717, 1.165) is 11.1 Å². The van der Waals surface area contributed by atoms with E-state index in [2.05, 4.69) is 25.6 Å². The molecule has 1 saturated heterocycles. The molecule has 0 saturated carbocycles. The summed E-state index contributed by atoms with van der Waals surface area (Å²) in [5.74, 6) is 0.460. The summed E-state index contributed by atoms with van der Waals surface area (Å²) in [4.78, 5) is 14.2. The number of nitrogen functional groups attached to an aromatic ring is 1. The Kier molecular flexibility index (Phi) is 14.2. The first-order valence-corrected chi connectivity index (χ1v) is 18.5. The van der Waals surface area contributed by atoms with E-state index in [1.807, 2.05) is 55.1 Å². The molecule has 0 amide bonds. The van der Waals surface area contributed by atoms with Gasteiger partial charge in [0.15, 0.2) is 5.82 Å². The summed E-state index contributed by atoms with van der Waals surface area (Å²) < 4.78 is 80.3. The molecule has 5 aromatic rings. The van der Waals surface area contributed by atoms with E-state index in [-0.39, 0.29) is 87.6 Å². The van der Waals surface area contributed by atoms with E-state index in [4.69, 9.17) is 10.5 Å². The molecule has 4 aromatic carbocycles. The van der Waals surface area contributed by atoms with Crippen LogP contribution in [0.25, 0.3) is 23.5 Å². The first-order valence-electron chi connectivity index (χ1n) is 15.7. The molecule has 0 atom stereocenters. The van der Waals surface area contributed by atoms with Gasteiger partial charge < -0.3 is 35.1 Å². The van der Waals surface area contributed by atoms with Crippen LogP contribution in [0.3, 0.4) is 0 Å². The van der Waals surface area contributed by atoms with Crippen molar-refractivity contribution in [3.8, 4) is 11.4 Å². The maximum atomic E-state index is 12.7. The fourth-order valence-electron chi connectivity index (χ4n) is 5.38. The first kappa shape index (κ1) is 42.4. The van der Waals surface area contributed by atoms with Crippen LogP contribution < -0.4 is 80.4 Å². The van der Waals surface area contributed by atoms with Crippen molar-refractivity contribution in [2.24, 2.45) is 0 Å². The van der Waals surface area contributed by atoms with E-state index >= 15 is 0 Å². The number of hydrogen-bond acceptors (Lipinski definition) is 14. The van der Waals surface area contributed by atoms with Gasteiger partial charge in [0.05, 0.1) is 28.7 Å². The number of ether oxygens (including phenoxy) is 1. The van der Waals surface area contributed by atoms with Crippen molar-refractivity contribution in [2.45, 2.75) is 23.6 Å². The second-order valence-electron chi connectivity index (χ2n) is 11.8.